The van der Waals surface area contributed by atoms with Crippen LogP contribution in [0.4, 0.5) is 0 Å². The second kappa shape index (κ2) is 7.35. The number of nitrogens with one attached hydrogen (secondary N) is 1. The zero-order valence-corrected chi connectivity index (χ0v) is 14.6. The van der Waals surface area contributed by atoms with Crippen molar-refractivity contribution in [1.29, 1.82) is 0 Å². The Morgan fingerprint density at radius 2 is 1.88 bits per heavy atom. The van der Waals surface area contributed by atoms with Crippen molar-refractivity contribution in [1.82, 2.24) is 25.5 Å². The van der Waals surface area contributed by atoms with E-state index in [0.717, 1.165) is 15.6 Å². The molecule has 0 fully saturated rings. The van der Waals surface area contributed by atoms with Gasteiger partial charge in [0.1, 0.15) is 6.54 Å². The number of benzene rings is 2. The first-order valence-electron chi connectivity index (χ1n) is 7.50. The topological polar surface area (TPSA) is 72.7 Å². The van der Waals surface area contributed by atoms with Crippen LogP contribution in [0, 0.1) is 0 Å². The quantitative estimate of drug-likeness (QED) is 0.732. The van der Waals surface area contributed by atoms with Gasteiger partial charge in [-0.2, -0.15) is 4.80 Å². The van der Waals surface area contributed by atoms with Crippen LogP contribution in [0.2, 0.25) is 0 Å². The van der Waals surface area contributed by atoms with Crippen LogP contribution in [0.3, 0.4) is 0 Å². The van der Waals surface area contributed by atoms with Gasteiger partial charge in [0.05, 0.1) is 6.04 Å². The zero-order valence-electron chi connectivity index (χ0n) is 13.1. The van der Waals surface area contributed by atoms with Crippen molar-refractivity contribution in [3.05, 3.63) is 64.6 Å². The van der Waals surface area contributed by atoms with Crippen LogP contribution in [0.5, 0.6) is 0 Å². The summed E-state index contributed by atoms with van der Waals surface area (Å²) in [5.41, 5.74) is 1.90. The van der Waals surface area contributed by atoms with Crippen molar-refractivity contribution in [2.45, 2.75) is 19.5 Å². The molecular weight excluding hydrogens is 370 g/mol. The lowest BCUT2D eigenvalue weighted by Crippen LogP contribution is -2.30. The van der Waals surface area contributed by atoms with Gasteiger partial charge in [-0.1, -0.05) is 58.4 Å². The van der Waals surface area contributed by atoms with Gasteiger partial charge in [-0.25, -0.2) is 0 Å². The normalized spacial score (nSPS) is 11.9. The summed E-state index contributed by atoms with van der Waals surface area (Å²) in [6, 6.07) is 17.3. The Morgan fingerprint density at radius 1 is 1.17 bits per heavy atom. The zero-order chi connectivity index (χ0) is 16.9. The van der Waals surface area contributed by atoms with E-state index < -0.39 is 0 Å². The predicted molar refractivity (Wildman–Crippen MR) is 94.0 cm³/mol. The number of rotatable bonds is 5. The van der Waals surface area contributed by atoms with Crippen molar-refractivity contribution >= 4 is 21.8 Å². The number of carbonyl (C=O) groups is 1. The standard InChI is InChI=1S/C17H16BrN5O/c1-12(13-7-9-15(18)10-8-13)19-16(24)11-23-21-17(20-22-23)14-5-3-2-4-6-14/h2-10,12H,11H2,1H3,(H,19,24)/t12-/m1/s1. The first-order valence-corrected chi connectivity index (χ1v) is 8.29. The first-order chi connectivity index (χ1) is 11.6. The van der Waals surface area contributed by atoms with E-state index in [1.165, 1.54) is 4.80 Å². The van der Waals surface area contributed by atoms with Gasteiger partial charge in [0, 0.05) is 10.0 Å². The van der Waals surface area contributed by atoms with E-state index in [1.54, 1.807) is 0 Å². The molecule has 0 saturated carbocycles. The molecule has 0 saturated heterocycles. The summed E-state index contributed by atoms with van der Waals surface area (Å²) in [4.78, 5) is 13.5. The Hall–Kier alpha value is -2.54. The van der Waals surface area contributed by atoms with Crippen LogP contribution in [0.15, 0.2) is 59.1 Å². The Kier molecular flexibility index (Phi) is 5.00. The molecule has 2 aromatic carbocycles. The van der Waals surface area contributed by atoms with Gasteiger partial charge in [0.25, 0.3) is 0 Å². The molecule has 7 heteroatoms. The highest BCUT2D eigenvalue weighted by Gasteiger charge is 2.12. The average molecular weight is 386 g/mol. The van der Waals surface area contributed by atoms with Gasteiger partial charge < -0.3 is 5.32 Å². The van der Waals surface area contributed by atoms with E-state index in [-0.39, 0.29) is 18.5 Å². The van der Waals surface area contributed by atoms with Gasteiger partial charge in [-0.3, -0.25) is 4.79 Å². The number of hydrogen-bond acceptors (Lipinski definition) is 4. The van der Waals surface area contributed by atoms with E-state index in [1.807, 2.05) is 61.5 Å². The van der Waals surface area contributed by atoms with Crippen molar-refractivity contribution in [2.24, 2.45) is 0 Å². The second-order valence-electron chi connectivity index (χ2n) is 5.35. The Bertz CT molecular complexity index is 817. The van der Waals surface area contributed by atoms with Crippen molar-refractivity contribution in [2.75, 3.05) is 0 Å². The Balaban J connectivity index is 1.61. The highest BCUT2D eigenvalue weighted by molar-refractivity contribution is 9.10. The van der Waals surface area contributed by atoms with Gasteiger partial charge >= 0.3 is 0 Å². The lowest BCUT2D eigenvalue weighted by atomic mass is 10.1. The number of amides is 1. The fourth-order valence-electron chi connectivity index (χ4n) is 2.26. The lowest BCUT2D eigenvalue weighted by Gasteiger charge is -2.14. The maximum absolute atomic E-state index is 12.2. The molecule has 0 spiro atoms. The second-order valence-corrected chi connectivity index (χ2v) is 6.27. The third-order valence-corrected chi connectivity index (χ3v) is 4.05. The molecule has 1 heterocycles. The van der Waals surface area contributed by atoms with E-state index in [4.69, 9.17) is 0 Å². The van der Waals surface area contributed by atoms with Crippen LogP contribution in [0.25, 0.3) is 11.4 Å². The molecule has 6 nitrogen and oxygen atoms in total. The van der Waals surface area contributed by atoms with Crippen molar-refractivity contribution in [3.8, 4) is 11.4 Å². The summed E-state index contributed by atoms with van der Waals surface area (Å²) >= 11 is 3.40. The molecule has 0 radical (unpaired) electrons. The lowest BCUT2D eigenvalue weighted by molar-refractivity contribution is -0.122. The molecule has 0 unspecified atom stereocenters. The molecule has 0 bridgehead atoms. The average Bonchev–Trinajstić information content (AvgIpc) is 3.04. The van der Waals surface area contributed by atoms with Crippen LogP contribution in [0.1, 0.15) is 18.5 Å². The monoisotopic (exact) mass is 385 g/mol. The third-order valence-electron chi connectivity index (χ3n) is 3.52. The number of tetrazole rings is 1. The first kappa shape index (κ1) is 16.3. The van der Waals surface area contributed by atoms with Crippen molar-refractivity contribution < 1.29 is 4.79 Å². The van der Waals surface area contributed by atoms with E-state index >= 15 is 0 Å². The maximum atomic E-state index is 12.2. The molecule has 0 aliphatic carbocycles. The molecule has 0 aliphatic heterocycles. The molecule has 122 valence electrons. The molecular formula is C17H16BrN5O. The van der Waals surface area contributed by atoms with E-state index in [2.05, 4.69) is 36.7 Å². The van der Waals surface area contributed by atoms with E-state index in [0.29, 0.717) is 5.82 Å². The minimum atomic E-state index is -0.164. The molecule has 0 aliphatic rings. The summed E-state index contributed by atoms with van der Waals surface area (Å²) < 4.78 is 1.00. The summed E-state index contributed by atoms with van der Waals surface area (Å²) in [6.45, 7) is 1.96. The smallest absolute Gasteiger partial charge is 0.244 e. The maximum Gasteiger partial charge on any atom is 0.244 e. The van der Waals surface area contributed by atoms with Crippen LogP contribution in [-0.2, 0) is 11.3 Å². The Labute approximate surface area is 148 Å². The Morgan fingerprint density at radius 3 is 2.58 bits per heavy atom. The van der Waals surface area contributed by atoms with Crippen LogP contribution < -0.4 is 5.32 Å². The van der Waals surface area contributed by atoms with Gasteiger partial charge in [-0.05, 0) is 29.8 Å². The fraction of sp³-hybridized carbons (Fsp3) is 0.176. The summed E-state index contributed by atoms with van der Waals surface area (Å²) in [7, 11) is 0. The van der Waals surface area contributed by atoms with Crippen LogP contribution >= 0.6 is 15.9 Å². The molecule has 1 amide bonds. The minimum Gasteiger partial charge on any atom is -0.348 e. The largest absolute Gasteiger partial charge is 0.348 e. The number of aromatic nitrogens is 4. The molecule has 1 N–H and O–H groups in total. The summed E-state index contributed by atoms with van der Waals surface area (Å²) in [6.07, 6.45) is 0. The predicted octanol–water partition coefficient (Wildman–Crippen LogP) is 2.98. The summed E-state index contributed by atoms with van der Waals surface area (Å²) in [5.74, 6) is 0.340. The number of halogens is 1. The number of nitrogens with zero attached hydrogens (tertiary/aromatic N) is 4. The fourth-order valence-corrected chi connectivity index (χ4v) is 2.53. The van der Waals surface area contributed by atoms with E-state index in [9.17, 15) is 4.79 Å². The number of carbonyl (C=O) groups excluding carboxylic acids is 1. The molecule has 3 rings (SSSR count). The van der Waals surface area contributed by atoms with Crippen molar-refractivity contribution in [3.63, 3.8) is 0 Å². The van der Waals surface area contributed by atoms with Crippen LogP contribution in [-0.4, -0.2) is 26.1 Å². The summed E-state index contributed by atoms with van der Waals surface area (Å²) in [5, 5.41) is 15.1. The highest BCUT2D eigenvalue weighted by Crippen LogP contribution is 2.16. The van der Waals surface area contributed by atoms with Gasteiger partial charge in [0.15, 0.2) is 0 Å². The molecule has 24 heavy (non-hydrogen) atoms. The number of hydrogen-bond donors (Lipinski definition) is 1. The van der Waals surface area contributed by atoms with Gasteiger partial charge in [0.2, 0.25) is 11.7 Å². The third kappa shape index (κ3) is 4.05. The highest BCUT2D eigenvalue weighted by atomic mass is 79.9. The molecule has 1 atom stereocenters. The molecule has 3 aromatic rings. The van der Waals surface area contributed by atoms with Gasteiger partial charge in [-0.15, -0.1) is 10.2 Å². The minimum absolute atomic E-state index is 0.0285. The molecule has 1 aromatic heterocycles. The SMILES string of the molecule is C[C@@H](NC(=O)Cn1nnc(-c2ccccc2)n1)c1ccc(Br)cc1.